The maximum absolute atomic E-state index is 8.90. The van der Waals surface area contributed by atoms with Crippen LogP contribution in [0.15, 0.2) is 12.2 Å². The summed E-state index contributed by atoms with van der Waals surface area (Å²) in [5.74, 6) is 0. The summed E-state index contributed by atoms with van der Waals surface area (Å²) in [5, 5.41) is 8.90. The minimum atomic E-state index is -0.326. The Morgan fingerprint density at radius 3 is 2.88 bits per heavy atom. The molecule has 0 aliphatic rings. The van der Waals surface area contributed by atoms with Crippen LogP contribution in [0.2, 0.25) is 0 Å². The van der Waals surface area contributed by atoms with Crippen molar-refractivity contribution in [3.8, 4) is 4.20 Å². The van der Waals surface area contributed by atoms with Crippen molar-refractivity contribution in [1.82, 2.24) is 0 Å². The van der Waals surface area contributed by atoms with Gasteiger partial charge in [-0.1, -0.05) is 0 Å². The van der Waals surface area contributed by atoms with Gasteiger partial charge in [0.1, 0.15) is 0 Å². The van der Waals surface area contributed by atoms with Gasteiger partial charge in [0.05, 0.1) is 0 Å². The number of hydrogen-bond acceptors (Lipinski definition) is 1. The molecule has 2 heteroatoms. The molecular formula is C6H9MoO+. The van der Waals surface area contributed by atoms with E-state index in [0.717, 1.165) is 0 Å². The molecule has 0 heterocycles. The van der Waals surface area contributed by atoms with Gasteiger partial charge in [-0.05, 0) is 0 Å². The molecule has 0 aromatic carbocycles. The van der Waals surface area contributed by atoms with Crippen molar-refractivity contribution in [2.75, 3.05) is 0 Å². The van der Waals surface area contributed by atoms with E-state index in [0.29, 0.717) is 6.42 Å². The van der Waals surface area contributed by atoms with Gasteiger partial charge in [-0.2, -0.15) is 0 Å². The molecule has 0 saturated carbocycles. The predicted molar refractivity (Wildman–Crippen MR) is 29.3 cm³/mol. The van der Waals surface area contributed by atoms with E-state index in [1.54, 1.807) is 25.2 Å². The van der Waals surface area contributed by atoms with Crippen molar-refractivity contribution in [2.45, 2.75) is 19.4 Å². The van der Waals surface area contributed by atoms with Gasteiger partial charge in [0.25, 0.3) is 0 Å². The molecule has 8 heavy (non-hydrogen) atoms. The molecule has 0 bridgehead atoms. The predicted octanol–water partition coefficient (Wildman–Crippen LogP) is 0.819. The Morgan fingerprint density at radius 2 is 2.50 bits per heavy atom. The van der Waals surface area contributed by atoms with E-state index in [1.165, 1.54) is 0 Å². The summed E-state index contributed by atoms with van der Waals surface area (Å²) in [5.41, 5.74) is 0. The monoisotopic (exact) mass is 195 g/mol. The third-order valence-corrected chi connectivity index (χ3v) is 1.12. The minimum absolute atomic E-state index is 0.326. The number of aliphatic hydroxyl groups excluding tert-OH is 1. The van der Waals surface area contributed by atoms with E-state index in [1.807, 2.05) is 13.0 Å². The van der Waals surface area contributed by atoms with E-state index in [2.05, 4.69) is 4.20 Å². The molecule has 0 aliphatic carbocycles. The first kappa shape index (κ1) is 8.17. The molecule has 0 rings (SSSR count). The molecule has 1 unspecified atom stereocenters. The van der Waals surface area contributed by atoms with E-state index in [4.69, 9.17) is 5.11 Å². The summed E-state index contributed by atoms with van der Waals surface area (Å²) in [6, 6.07) is 0. The zero-order valence-electron chi connectivity index (χ0n) is 4.79. The molecule has 0 fully saturated rings. The molecule has 0 aromatic heterocycles. The van der Waals surface area contributed by atoms with Gasteiger partial charge in [-0.3, -0.25) is 0 Å². The maximum atomic E-state index is 8.90. The quantitative estimate of drug-likeness (QED) is 0.508. The van der Waals surface area contributed by atoms with Crippen LogP contribution in [0, 0.1) is 4.20 Å². The average molecular weight is 193 g/mol. The fraction of sp³-hybridized carbons (Fsp3) is 0.500. The van der Waals surface area contributed by atoms with E-state index in [9.17, 15) is 0 Å². The number of allylic oxidation sites excluding steroid dienone is 1. The molecule has 1 N–H and O–H groups in total. The molecule has 0 aromatic rings. The first-order valence-electron chi connectivity index (χ1n) is 2.47. The van der Waals surface area contributed by atoms with Crippen LogP contribution < -0.4 is 0 Å². The molecule has 44 valence electrons. The Kier molecular flexibility index (Phi) is 5.42. The third-order valence-electron chi connectivity index (χ3n) is 0.707. The topological polar surface area (TPSA) is 20.2 Å². The normalized spacial score (nSPS) is 13.6. The Morgan fingerprint density at radius 1 is 1.88 bits per heavy atom. The van der Waals surface area contributed by atoms with Gasteiger partial charge in [0.15, 0.2) is 0 Å². The van der Waals surface area contributed by atoms with Gasteiger partial charge in [0.2, 0.25) is 0 Å². The standard InChI is InChI=1S/C6H9O.Mo/c1-3-5-6(7)4-2;/h3,5-7H,4H2,1H3;/q;+1/b5-3+;. The van der Waals surface area contributed by atoms with Gasteiger partial charge in [-0.15, -0.1) is 0 Å². The summed E-state index contributed by atoms with van der Waals surface area (Å²) < 4.78 is 2.86. The second-order valence-corrected chi connectivity index (χ2v) is 2.15. The fourth-order valence-corrected chi connectivity index (χ4v) is 0.795. The number of aliphatic hydroxyl groups is 1. The molecule has 0 saturated heterocycles. The number of hydrogen-bond donors (Lipinski definition) is 1. The van der Waals surface area contributed by atoms with Gasteiger partial charge >= 0.3 is 60.1 Å². The van der Waals surface area contributed by atoms with Crippen LogP contribution in [0.4, 0.5) is 0 Å². The zero-order valence-corrected chi connectivity index (χ0v) is 6.80. The second-order valence-electron chi connectivity index (χ2n) is 1.44. The van der Waals surface area contributed by atoms with Gasteiger partial charge < -0.3 is 0 Å². The van der Waals surface area contributed by atoms with Crippen LogP contribution in [-0.4, -0.2) is 11.2 Å². The van der Waals surface area contributed by atoms with E-state index >= 15 is 0 Å². The fourth-order valence-electron chi connectivity index (χ4n) is 0.376. The molecule has 0 radical (unpaired) electrons. The summed E-state index contributed by atoms with van der Waals surface area (Å²) in [6.07, 6.45) is 3.89. The molecule has 1 nitrogen and oxygen atoms in total. The van der Waals surface area contributed by atoms with Crippen molar-refractivity contribution in [3.05, 3.63) is 12.2 Å². The third kappa shape index (κ3) is 4.33. The number of rotatable bonds is 2. The van der Waals surface area contributed by atoms with Crippen molar-refractivity contribution in [3.63, 3.8) is 0 Å². The molecule has 0 amide bonds. The first-order valence-corrected chi connectivity index (χ1v) is 3.47. The van der Waals surface area contributed by atoms with Gasteiger partial charge in [0, 0.05) is 0 Å². The van der Waals surface area contributed by atoms with Gasteiger partial charge in [-0.25, -0.2) is 0 Å². The van der Waals surface area contributed by atoms with Crippen LogP contribution >= 0.6 is 0 Å². The molecular weight excluding hydrogens is 184 g/mol. The van der Waals surface area contributed by atoms with E-state index in [-0.39, 0.29) is 6.10 Å². The molecule has 0 spiro atoms. The zero-order chi connectivity index (χ0) is 6.41. The second kappa shape index (κ2) is 5.31. The first-order chi connectivity index (χ1) is 3.81. The Bertz CT molecular complexity index is 112. The van der Waals surface area contributed by atoms with Crippen molar-refractivity contribution >= 4 is 0 Å². The summed E-state index contributed by atoms with van der Waals surface area (Å²) in [7, 11) is 0. The average Bonchev–Trinajstić information content (AvgIpc) is 1.68. The van der Waals surface area contributed by atoms with Crippen LogP contribution in [0.5, 0.6) is 0 Å². The van der Waals surface area contributed by atoms with Crippen LogP contribution in [-0.2, 0) is 19.2 Å². The molecule has 0 aliphatic heterocycles. The van der Waals surface area contributed by atoms with Crippen LogP contribution in [0.3, 0.4) is 0 Å². The van der Waals surface area contributed by atoms with Crippen molar-refractivity contribution < 1.29 is 24.3 Å². The van der Waals surface area contributed by atoms with Crippen LogP contribution in [0.25, 0.3) is 0 Å². The summed E-state index contributed by atoms with van der Waals surface area (Å²) in [6.45, 7) is 1.89. The SMILES string of the molecule is C/C=C/C(O)C[C]#[Mo+]. The Balaban J connectivity index is 3.36. The summed E-state index contributed by atoms with van der Waals surface area (Å²) >= 11 is 1.75. The van der Waals surface area contributed by atoms with Crippen molar-refractivity contribution in [2.24, 2.45) is 0 Å². The van der Waals surface area contributed by atoms with Crippen molar-refractivity contribution in [1.29, 1.82) is 0 Å². The Hall–Kier alpha value is 0.168. The molecule has 1 atom stereocenters. The summed E-state index contributed by atoms with van der Waals surface area (Å²) in [4.78, 5) is 0. The Labute approximate surface area is 60.4 Å². The van der Waals surface area contributed by atoms with Crippen LogP contribution in [0.1, 0.15) is 13.3 Å². The van der Waals surface area contributed by atoms with E-state index < -0.39 is 0 Å².